The van der Waals surface area contributed by atoms with E-state index in [2.05, 4.69) is 37.4 Å². The molecule has 1 amide bonds. The molecule has 0 atom stereocenters. The molecule has 0 aliphatic carbocycles. The maximum Gasteiger partial charge on any atom is 0.410 e. The summed E-state index contributed by atoms with van der Waals surface area (Å²) in [7, 11) is 0. The lowest BCUT2D eigenvalue weighted by Crippen LogP contribution is -2.44. The minimum atomic E-state index is -0.462. The molecule has 0 bridgehead atoms. The van der Waals surface area contributed by atoms with Crippen molar-refractivity contribution in [3.05, 3.63) is 34.9 Å². The molecule has 4 heteroatoms. The molecule has 1 rings (SSSR count). The zero-order valence-corrected chi connectivity index (χ0v) is 15.7. The molecule has 0 fully saturated rings. The fourth-order valence-electron chi connectivity index (χ4n) is 2.35. The molecule has 1 aromatic rings. The summed E-state index contributed by atoms with van der Waals surface area (Å²) in [5.74, 6) is 0. The average Bonchev–Trinajstić information content (AvgIpc) is 2.38. The van der Waals surface area contributed by atoms with Crippen LogP contribution in [0.25, 0.3) is 0 Å². The van der Waals surface area contributed by atoms with Crippen LogP contribution in [0.5, 0.6) is 0 Å². The van der Waals surface area contributed by atoms with Gasteiger partial charge in [-0.25, -0.2) is 4.79 Å². The van der Waals surface area contributed by atoms with Crippen LogP contribution < -0.4 is 5.32 Å². The van der Waals surface area contributed by atoms with Crippen molar-refractivity contribution in [1.82, 2.24) is 10.2 Å². The van der Waals surface area contributed by atoms with E-state index in [9.17, 15) is 4.79 Å². The summed E-state index contributed by atoms with van der Waals surface area (Å²) in [5, 5.41) is 3.42. The quantitative estimate of drug-likeness (QED) is 0.804. The molecule has 0 saturated carbocycles. The molecule has 23 heavy (non-hydrogen) atoms. The lowest BCUT2D eigenvalue weighted by Gasteiger charge is -2.30. The number of hydrogen-bond acceptors (Lipinski definition) is 3. The van der Waals surface area contributed by atoms with Gasteiger partial charge in [0.25, 0.3) is 0 Å². The number of rotatable bonds is 6. The number of carbonyl (C=O) groups is 1. The molecule has 130 valence electrons. The van der Waals surface area contributed by atoms with E-state index in [0.717, 1.165) is 13.1 Å². The van der Waals surface area contributed by atoms with Gasteiger partial charge in [0.1, 0.15) is 5.60 Å². The van der Waals surface area contributed by atoms with Crippen molar-refractivity contribution in [2.24, 2.45) is 0 Å². The van der Waals surface area contributed by atoms with Crippen LogP contribution in [-0.4, -0.2) is 35.7 Å². The summed E-state index contributed by atoms with van der Waals surface area (Å²) >= 11 is 0. The number of nitrogens with zero attached hydrogens (tertiary/aromatic N) is 1. The third kappa shape index (κ3) is 7.04. The molecule has 0 aliphatic rings. The van der Waals surface area contributed by atoms with Crippen molar-refractivity contribution >= 4 is 6.09 Å². The predicted molar refractivity (Wildman–Crippen MR) is 95.7 cm³/mol. The normalized spacial score (nSPS) is 11.7. The van der Waals surface area contributed by atoms with Crippen LogP contribution in [0.15, 0.2) is 18.2 Å². The Balaban J connectivity index is 2.48. The van der Waals surface area contributed by atoms with Gasteiger partial charge in [-0.05, 0) is 59.6 Å². The molecule has 1 N–H and O–H groups in total. The third-order valence-corrected chi connectivity index (χ3v) is 3.59. The van der Waals surface area contributed by atoms with Crippen molar-refractivity contribution in [3.8, 4) is 0 Å². The number of amides is 1. The summed E-state index contributed by atoms with van der Waals surface area (Å²) in [4.78, 5) is 14.0. The van der Waals surface area contributed by atoms with Crippen molar-refractivity contribution in [2.75, 3.05) is 13.1 Å². The van der Waals surface area contributed by atoms with E-state index in [4.69, 9.17) is 4.74 Å². The van der Waals surface area contributed by atoms with Gasteiger partial charge in [-0.15, -0.1) is 0 Å². The van der Waals surface area contributed by atoms with Crippen molar-refractivity contribution in [2.45, 2.75) is 66.7 Å². The Labute approximate surface area is 141 Å². The summed E-state index contributed by atoms with van der Waals surface area (Å²) in [5.41, 5.74) is 3.41. The highest BCUT2D eigenvalue weighted by atomic mass is 16.6. The zero-order chi connectivity index (χ0) is 17.6. The molecule has 0 saturated heterocycles. The van der Waals surface area contributed by atoms with Crippen molar-refractivity contribution in [3.63, 3.8) is 0 Å². The highest BCUT2D eigenvalue weighted by Crippen LogP contribution is 2.12. The fraction of sp³-hybridized carbons (Fsp3) is 0.632. The predicted octanol–water partition coefficient (Wildman–Crippen LogP) is 4.04. The van der Waals surface area contributed by atoms with Gasteiger partial charge in [-0.1, -0.05) is 23.8 Å². The van der Waals surface area contributed by atoms with Crippen LogP contribution in [0.1, 0.15) is 51.3 Å². The highest BCUT2D eigenvalue weighted by Gasteiger charge is 2.23. The first-order valence-corrected chi connectivity index (χ1v) is 8.36. The first-order valence-electron chi connectivity index (χ1n) is 8.36. The monoisotopic (exact) mass is 320 g/mol. The average molecular weight is 320 g/mol. The smallest absolute Gasteiger partial charge is 0.410 e. The van der Waals surface area contributed by atoms with Crippen LogP contribution in [0.2, 0.25) is 0 Å². The molecular weight excluding hydrogens is 288 g/mol. The lowest BCUT2D eigenvalue weighted by molar-refractivity contribution is 0.0193. The Bertz CT molecular complexity index is 519. The van der Waals surface area contributed by atoms with Gasteiger partial charge < -0.3 is 15.0 Å². The number of aryl methyl sites for hydroxylation is 2. The van der Waals surface area contributed by atoms with Gasteiger partial charge in [0.2, 0.25) is 0 Å². The maximum atomic E-state index is 12.2. The topological polar surface area (TPSA) is 41.6 Å². The lowest BCUT2D eigenvalue weighted by atomic mass is 10.1. The van der Waals surface area contributed by atoms with Gasteiger partial charge in [0, 0.05) is 25.7 Å². The molecule has 4 nitrogen and oxygen atoms in total. The number of benzene rings is 1. The van der Waals surface area contributed by atoms with Gasteiger partial charge >= 0.3 is 6.09 Å². The minimum absolute atomic E-state index is 0.118. The van der Waals surface area contributed by atoms with E-state index < -0.39 is 5.60 Å². The van der Waals surface area contributed by atoms with E-state index in [-0.39, 0.29) is 12.1 Å². The SMILES string of the molecule is Cc1ccc(CNCCN(C(=O)OC(C)(C)C)C(C)C)c(C)c1. The fourth-order valence-corrected chi connectivity index (χ4v) is 2.35. The molecular formula is C19H32N2O2. The minimum Gasteiger partial charge on any atom is -0.444 e. The Morgan fingerprint density at radius 2 is 1.91 bits per heavy atom. The van der Waals surface area contributed by atoms with Crippen LogP contribution in [0, 0.1) is 13.8 Å². The molecule has 0 aromatic heterocycles. The number of carbonyl (C=O) groups excluding carboxylic acids is 1. The first kappa shape index (κ1) is 19.5. The van der Waals surface area contributed by atoms with E-state index in [0.29, 0.717) is 6.54 Å². The summed E-state index contributed by atoms with van der Waals surface area (Å²) in [6.07, 6.45) is -0.249. The summed E-state index contributed by atoms with van der Waals surface area (Å²) in [6.45, 7) is 16.1. The van der Waals surface area contributed by atoms with E-state index in [1.165, 1.54) is 16.7 Å². The Morgan fingerprint density at radius 3 is 2.43 bits per heavy atom. The van der Waals surface area contributed by atoms with Gasteiger partial charge in [-0.3, -0.25) is 0 Å². The van der Waals surface area contributed by atoms with Gasteiger partial charge in [0.05, 0.1) is 0 Å². The molecule has 0 radical (unpaired) electrons. The largest absolute Gasteiger partial charge is 0.444 e. The number of ether oxygens (including phenoxy) is 1. The van der Waals surface area contributed by atoms with Crippen molar-refractivity contribution < 1.29 is 9.53 Å². The van der Waals surface area contributed by atoms with Crippen LogP contribution in [-0.2, 0) is 11.3 Å². The van der Waals surface area contributed by atoms with Crippen LogP contribution >= 0.6 is 0 Å². The Kier molecular flexibility index (Phi) is 7.07. The van der Waals surface area contributed by atoms with Crippen LogP contribution in [0.3, 0.4) is 0 Å². The summed E-state index contributed by atoms with van der Waals surface area (Å²) < 4.78 is 5.47. The maximum absolute atomic E-state index is 12.2. The standard InChI is InChI=1S/C19H32N2O2/c1-14(2)21(18(22)23-19(5,6)7)11-10-20-13-17-9-8-15(3)12-16(17)4/h8-9,12,14,20H,10-11,13H2,1-7H3. The molecule has 0 aliphatic heterocycles. The van der Waals surface area contributed by atoms with Gasteiger partial charge in [0.15, 0.2) is 0 Å². The molecule has 0 unspecified atom stereocenters. The third-order valence-electron chi connectivity index (χ3n) is 3.59. The second kappa shape index (κ2) is 8.34. The highest BCUT2D eigenvalue weighted by molar-refractivity contribution is 5.68. The van der Waals surface area contributed by atoms with Gasteiger partial charge in [-0.2, -0.15) is 0 Å². The zero-order valence-electron chi connectivity index (χ0n) is 15.7. The second-order valence-electron chi connectivity index (χ2n) is 7.37. The molecule has 0 heterocycles. The van der Waals surface area contributed by atoms with E-state index in [1.54, 1.807) is 4.90 Å². The van der Waals surface area contributed by atoms with E-state index >= 15 is 0 Å². The summed E-state index contributed by atoms with van der Waals surface area (Å²) in [6, 6.07) is 6.60. The van der Waals surface area contributed by atoms with Crippen LogP contribution in [0.4, 0.5) is 4.79 Å². The molecule has 0 spiro atoms. The Morgan fingerprint density at radius 1 is 1.26 bits per heavy atom. The number of hydrogen-bond donors (Lipinski definition) is 1. The Hall–Kier alpha value is -1.55. The van der Waals surface area contributed by atoms with E-state index in [1.807, 2.05) is 34.6 Å². The molecule has 1 aromatic carbocycles. The first-order chi connectivity index (χ1) is 10.6. The number of nitrogens with one attached hydrogen (secondary N) is 1. The second-order valence-corrected chi connectivity index (χ2v) is 7.37. The van der Waals surface area contributed by atoms with Crippen molar-refractivity contribution in [1.29, 1.82) is 0 Å².